The van der Waals surface area contributed by atoms with Gasteiger partial charge in [0.25, 0.3) is 5.91 Å². The number of rotatable bonds is 12. The first kappa shape index (κ1) is 26.2. The topological polar surface area (TPSA) is 95.6 Å². The van der Waals surface area contributed by atoms with Gasteiger partial charge in [-0.05, 0) is 57.1 Å². The Bertz CT molecular complexity index is 1040. The molecule has 0 aromatic heterocycles. The number of benzene rings is 1. The van der Waals surface area contributed by atoms with E-state index in [-0.39, 0.29) is 28.8 Å². The molecule has 0 aliphatic heterocycles. The van der Waals surface area contributed by atoms with Gasteiger partial charge in [0, 0.05) is 20.1 Å². The number of sulfonamides is 1. The van der Waals surface area contributed by atoms with Crippen molar-refractivity contribution in [3.63, 3.8) is 0 Å². The van der Waals surface area contributed by atoms with Crippen LogP contribution in [-0.2, 0) is 14.8 Å². The Morgan fingerprint density at radius 1 is 1.18 bits per heavy atom. The first-order chi connectivity index (χ1) is 16.1. The largest absolute Gasteiger partial charge is 0.353 e. The molecule has 1 unspecified atom stereocenters. The molecule has 2 amide bonds. The van der Waals surface area contributed by atoms with Crippen LogP contribution in [0.1, 0.15) is 62.2 Å². The van der Waals surface area contributed by atoms with E-state index in [0.717, 1.165) is 42.8 Å². The van der Waals surface area contributed by atoms with Crippen molar-refractivity contribution in [1.29, 1.82) is 0 Å². The van der Waals surface area contributed by atoms with Crippen molar-refractivity contribution in [1.82, 2.24) is 14.9 Å². The van der Waals surface area contributed by atoms with E-state index in [1.165, 1.54) is 25.3 Å². The Morgan fingerprint density at radius 3 is 2.41 bits per heavy atom. The van der Waals surface area contributed by atoms with Crippen LogP contribution in [0, 0.1) is 11.3 Å². The lowest BCUT2D eigenvalue weighted by Gasteiger charge is -2.34. The second kappa shape index (κ2) is 10.4. The fourth-order valence-electron chi connectivity index (χ4n) is 4.97. The summed E-state index contributed by atoms with van der Waals surface area (Å²) in [7, 11) is -2.41. The Morgan fingerprint density at radius 2 is 1.82 bits per heavy atom. The number of carbonyl (C=O) groups is 2. The lowest BCUT2D eigenvalue weighted by atomic mass is 9.81. The van der Waals surface area contributed by atoms with Crippen LogP contribution < -0.4 is 10.6 Å². The zero-order chi connectivity index (χ0) is 25.0. The van der Waals surface area contributed by atoms with Gasteiger partial charge < -0.3 is 10.6 Å². The van der Waals surface area contributed by atoms with Gasteiger partial charge in [-0.3, -0.25) is 9.59 Å². The third kappa shape index (κ3) is 5.44. The van der Waals surface area contributed by atoms with E-state index in [9.17, 15) is 18.0 Å². The molecule has 186 valence electrons. The molecule has 0 heterocycles. The number of allylic oxidation sites excluding steroid dienone is 1. The summed E-state index contributed by atoms with van der Waals surface area (Å²) >= 11 is 0. The average molecular weight is 488 g/mol. The van der Waals surface area contributed by atoms with Crippen LogP contribution >= 0.6 is 0 Å². The van der Waals surface area contributed by atoms with Gasteiger partial charge in [0.15, 0.2) is 0 Å². The highest BCUT2D eigenvalue weighted by Crippen LogP contribution is 2.43. The molecule has 2 saturated carbocycles. The minimum atomic E-state index is -3.87. The fourth-order valence-corrected chi connectivity index (χ4v) is 6.29. The number of amides is 2. The summed E-state index contributed by atoms with van der Waals surface area (Å²) in [6, 6.07) is 6.22. The second-order valence-corrected chi connectivity index (χ2v) is 11.9. The molecule has 0 bridgehead atoms. The molecule has 34 heavy (non-hydrogen) atoms. The van der Waals surface area contributed by atoms with Crippen LogP contribution in [-0.4, -0.2) is 50.2 Å². The zero-order valence-corrected chi connectivity index (χ0v) is 21.1. The lowest BCUT2D eigenvalue weighted by Crippen LogP contribution is -2.56. The van der Waals surface area contributed by atoms with E-state index in [2.05, 4.69) is 23.8 Å². The summed E-state index contributed by atoms with van der Waals surface area (Å²) in [6.45, 7) is 9.79. The van der Waals surface area contributed by atoms with Crippen LogP contribution in [0.2, 0.25) is 0 Å². The van der Waals surface area contributed by atoms with Crippen molar-refractivity contribution < 1.29 is 18.0 Å². The highest BCUT2D eigenvalue weighted by atomic mass is 32.2. The van der Waals surface area contributed by atoms with Crippen molar-refractivity contribution in [2.45, 2.75) is 62.3 Å². The minimum absolute atomic E-state index is 0.0139. The normalized spacial score (nSPS) is 19.3. The number of nitrogens with one attached hydrogen (secondary N) is 2. The van der Waals surface area contributed by atoms with Crippen LogP contribution in [0.5, 0.6) is 0 Å². The maximum atomic E-state index is 13.4. The van der Waals surface area contributed by atoms with E-state index >= 15 is 0 Å². The summed E-state index contributed by atoms with van der Waals surface area (Å²) in [5, 5.41) is 6.18. The van der Waals surface area contributed by atoms with E-state index < -0.39 is 26.9 Å². The first-order valence-corrected chi connectivity index (χ1v) is 13.4. The first-order valence-electron chi connectivity index (χ1n) is 12.0. The van der Waals surface area contributed by atoms with Gasteiger partial charge >= 0.3 is 0 Å². The molecule has 0 spiro atoms. The summed E-state index contributed by atoms with van der Waals surface area (Å²) in [6.07, 6.45) is 9.62. The molecule has 3 rings (SSSR count). The molecule has 7 nitrogen and oxygen atoms in total. The Kier molecular flexibility index (Phi) is 8.03. The van der Waals surface area contributed by atoms with Gasteiger partial charge in [0.2, 0.25) is 15.9 Å². The number of likely N-dealkylation sites (N-methyl/N-ethyl adjacent to an activating group) is 1. The molecule has 0 saturated heterocycles. The van der Waals surface area contributed by atoms with E-state index in [1.54, 1.807) is 12.1 Å². The SMILES string of the molecule is C=CCN(C)S(=O)(=O)c1ccccc1C(=O)NC(C)(CNC(=O)C1(CC=C)CCCC1)C1CC1. The lowest BCUT2D eigenvalue weighted by molar-refractivity contribution is -0.131. The summed E-state index contributed by atoms with van der Waals surface area (Å²) < 4.78 is 27.3. The smallest absolute Gasteiger partial charge is 0.253 e. The van der Waals surface area contributed by atoms with Crippen molar-refractivity contribution >= 4 is 21.8 Å². The highest BCUT2D eigenvalue weighted by Gasteiger charge is 2.45. The standard InChI is InChI=1S/C26H37N3O4S/c1-5-15-26(16-9-10-17-26)24(31)27-19-25(3,20-13-14-20)28-23(30)21-11-7-8-12-22(21)34(32,33)29(4)18-6-2/h5-8,11-12,20H,1-2,9-10,13-19H2,3-4H3,(H,27,31)(H,28,30). The average Bonchev–Trinajstić information content (AvgIpc) is 3.57. The molecule has 1 atom stereocenters. The van der Waals surface area contributed by atoms with Gasteiger partial charge in [0.05, 0.1) is 21.4 Å². The predicted octanol–water partition coefficient (Wildman–Crippen LogP) is 3.64. The molecule has 1 aromatic carbocycles. The third-order valence-electron chi connectivity index (χ3n) is 7.28. The third-order valence-corrected chi connectivity index (χ3v) is 9.16. The predicted molar refractivity (Wildman–Crippen MR) is 134 cm³/mol. The fraction of sp³-hybridized carbons (Fsp3) is 0.538. The van der Waals surface area contributed by atoms with E-state index in [4.69, 9.17) is 0 Å². The highest BCUT2D eigenvalue weighted by molar-refractivity contribution is 7.89. The molecular formula is C26H37N3O4S. The number of hydrogen-bond acceptors (Lipinski definition) is 4. The molecule has 2 N–H and O–H groups in total. The maximum Gasteiger partial charge on any atom is 0.253 e. The van der Waals surface area contributed by atoms with Gasteiger partial charge in [-0.1, -0.05) is 37.1 Å². The Hall–Kier alpha value is -2.45. The van der Waals surface area contributed by atoms with Crippen molar-refractivity contribution in [3.8, 4) is 0 Å². The van der Waals surface area contributed by atoms with Gasteiger partial charge in [-0.2, -0.15) is 4.31 Å². The second-order valence-electron chi connectivity index (χ2n) is 9.88. The zero-order valence-electron chi connectivity index (χ0n) is 20.3. The molecule has 2 aliphatic carbocycles. The van der Waals surface area contributed by atoms with Crippen LogP contribution in [0.3, 0.4) is 0 Å². The molecular weight excluding hydrogens is 450 g/mol. The van der Waals surface area contributed by atoms with Gasteiger partial charge in [-0.15, -0.1) is 13.2 Å². The number of carbonyl (C=O) groups excluding carboxylic acids is 2. The van der Waals surface area contributed by atoms with Crippen molar-refractivity contribution in [3.05, 3.63) is 55.1 Å². The maximum absolute atomic E-state index is 13.4. The van der Waals surface area contributed by atoms with Crippen molar-refractivity contribution in [2.75, 3.05) is 20.1 Å². The molecule has 8 heteroatoms. The van der Waals surface area contributed by atoms with Crippen LogP contribution in [0.25, 0.3) is 0 Å². The van der Waals surface area contributed by atoms with E-state index in [0.29, 0.717) is 13.0 Å². The Labute approximate surface area is 203 Å². The quantitative estimate of drug-likeness (QED) is 0.440. The molecule has 0 radical (unpaired) electrons. The summed E-state index contributed by atoms with van der Waals surface area (Å²) in [5.74, 6) is -0.223. The van der Waals surface area contributed by atoms with Gasteiger partial charge in [-0.25, -0.2) is 8.42 Å². The summed E-state index contributed by atoms with van der Waals surface area (Å²) in [5.41, 5.74) is -0.993. The molecule has 1 aromatic rings. The summed E-state index contributed by atoms with van der Waals surface area (Å²) in [4.78, 5) is 26.5. The molecule has 2 fully saturated rings. The van der Waals surface area contributed by atoms with Gasteiger partial charge in [0.1, 0.15) is 0 Å². The Balaban J connectivity index is 1.79. The molecule has 2 aliphatic rings. The number of hydrogen-bond donors (Lipinski definition) is 2. The number of nitrogens with zero attached hydrogens (tertiary/aromatic N) is 1. The van der Waals surface area contributed by atoms with Crippen LogP contribution in [0.4, 0.5) is 0 Å². The van der Waals surface area contributed by atoms with Crippen LogP contribution in [0.15, 0.2) is 54.5 Å². The van der Waals surface area contributed by atoms with Crippen molar-refractivity contribution in [2.24, 2.45) is 11.3 Å². The van der Waals surface area contributed by atoms with E-state index in [1.807, 2.05) is 13.0 Å². The minimum Gasteiger partial charge on any atom is -0.353 e. The monoisotopic (exact) mass is 487 g/mol.